The molecule has 0 spiro atoms. The number of esters is 1. The molecule has 1 aliphatic heterocycles. The number of benzene rings is 2. The highest BCUT2D eigenvalue weighted by molar-refractivity contribution is 5.91. The van der Waals surface area contributed by atoms with Crippen LogP contribution in [0.4, 0.5) is 0 Å². The lowest BCUT2D eigenvalue weighted by Gasteiger charge is -2.21. The smallest absolute Gasteiger partial charge is 0.338 e. The molecule has 1 heterocycles. The normalized spacial score (nSPS) is 11.9. The zero-order valence-corrected chi connectivity index (χ0v) is 14.9. The molecule has 0 bridgehead atoms. The number of hydrogen-bond acceptors (Lipinski definition) is 5. The average molecular weight is 355 g/mol. The fourth-order valence-corrected chi connectivity index (χ4v) is 2.71. The molecule has 2 aromatic rings. The van der Waals surface area contributed by atoms with E-state index in [0.29, 0.717) is 30.2 Å². The molecule has 1 aliphatic rings. The van der Waals surface area contributed by atoms with E-state index >= 15 is 0 Å². The molecule has 0 aromatic heterocycles. The minimum Gasteiger partial charge on any atom is -0.454 e. The molecule has 26 heavy (non-hydrogen) atoms. The minimum absolute atomic E-state index is 0.212. The second-order valence-electron chi connectivity index (χ2n) is 6.04. The van der Waals surface area contributed by atoms with E-state index in [4.69, 9.17) is 14.2 Å². The van der Waals surface area contributed by atoms with E-state index in [1.807, 2.05) is 38.1 Å². The van der Waals surface area contributed by atoms with Gasteiger partial charge in [0.05, 0.1) is 5.56 Å². The Hall–Kier alpha value is -3.02. The lowest BCUT2D eigenvalue weighted by atomic mass is 10.1. The molecule has 0 fully saturated rings. The first kappa shape index (κ1) is 17.8. The van der Waals surface area contributed by atoms with Crippen LogP contribution in [-0.4, -0.2) is 36.7 Å². The highest BCUT2D eigenvalue weighted by Crippen LogP contribution is 2.32. The van der Waals surface area contributed by atoms with Crippen LogP contribution < -0.4 is 9.47 Å². The van der Waals surface area contributed by atoms with Gasteiger partial charge < -0.3 is 19.1 Å². The van der Waals surface area contributed by atoms with Crippen molar-refractivity contribution in [3.05, 3.63) is 59.2 Å². The summed E-state index contributed by atoms with van der Waals surface area (Å²) in [6.07, 6.45) is 0. The van der Waals surface area contributed by atoms with E-state index in [0.717, 1.165) is 11.1 Å². The first-order valence-electron chi connectivity index (χ1n) is 8.47. The van der Waals surface area contributed by atoms with Crippen molar-refractivity contribution >= 4 is 11.9 Å². The van der Waals surface area contributed by atoms with Gasteiger partial charge >= 0.3 is 5.97 Å². The van der Waals surface area contributed by atoms with Crippen molar-refractivity contribution in [3.8, 4) is 11.5 Å². The lowest BCUT2D eigenvalue weighted by molar-refractivity contribution is -0.134. The minimum atomic E-state index is -0.499. The van der Waals surface area contributed by atoms with E-state index in [9.17, 15) is 9.59 Å². The maximum atomic E-state index is 12.4. The Labute approximate surface area is 152 Å². The summed E-state index contributed by atoms with van der Waals surface area (Å²) in [6.45, 7) is 4.62. The number of aryl methyl sites for hydroxylation is 1. The molecule has 0 unspecified atom stereocenters. The fraction of sp³-hybridized carbons (Fsp3) is 0.300. The van der Waals surface area contributed by atoms with Gasteiger partial charge in [-0.2, -0.15) is 0 Å². The third-order valence-electron chi connectivity index (χ3n) is 4.13. The van der Waals surface area contributed by atoms with Crippen molar-refractivity contribution in [2.24, 2.45) is 0 Å². The van der Waals surface area contributed by atoms with E-state index in [1.165, 1.54) is 0 Å². The molecule has 0 saturated carbocycles. The summed E-state index contributed by atoms with van der Waals surface area (Å²) >= 11 is 0. The topological polar surface area (TPSA) is 65.1 Å². The number of carbonyl (C=O) groups excluding carboxylic acids is 2. The van der Waals surface area contributed by atoms with E-state index in [2.05, 4.69) is 0 Å². The molecule has 2 aromatic carbocycles. The Kier molecular flexibility index (Phi) is 5.41. The molecule has 0 saturated heterocycles. The van der Waals surface area contributed by atoms with Crippen molar-refractivity contribution in [1.29, 1.82) is 0 Å². The van der Waals surface area contributed by atoms with Crippen molar-refractivity contribution in [1.82, 2.24) is 4.90 Å². The van der Waals surface area contributed by atoms with Crippen LogP contribution in [0.1, 0.15) is 28.4 Å². The van der Waals surface area contributed by atoms with Gasteiger partial charge in [-0.25, -0.2) is 4.79 Å². The second-order valence-corrected chi connectivity index (χ2v) is 6.04. The van der Waals surface area contributed by atoms with Crippen molar-refractivity contribution in [2.45, 2.75) is 20.4 Å². The van der Waals surface area contributed by atoms with Gasteiger partial charge in [0.2, 0.25) is 6.79 Å². The molecule has 6 heteroatoms. The number of likely N-dealkylation sites (N-methyl/N-ethyl adjacent to an activating group) is 1. The summed E-state index contributed by atoms with van der Waals surface area (Å²) < 4.78 is 15.8. The largest absolute Gasteiger partial charge is 0.454 e. The average Bonchev–Trinajstić information content (AvgIpc) is 3.11. The number of carbonyl (C=O) groups is 2. The summed E-state index contributed by atoms with van der Waals surface area (Å²) in [4.78, 5) is 26.1. The van der Waals surface area contributed by atoms with Gasteiger partial charge in [-0.1, -0.05) is 23.8 Å². The third-order valence-corrected chi connectivity index (χ3v) is 4.13. The van der Waals surface area contributed by atoms with Crippen molar-refractivity contribution in [3.63, 3.8) is 0 Å². The SMILES string of the molecule is CCN(Cc1ccc2c(c1)OCO2)C(=O)COC(=O)c1cccc(C)c1. The summed E-state index contributed by atoms with van der Waals surface area (Å²) in [5, 5.41) is 0. The van der Waals surface area contributed by atoms with Crippen LogP contribution in [0.3, 0.4) is 0 Å². The molecule has 1 amide bonds. The van der Waals surface area contributed by atoms with Gasteiger partial charge in [-0.3, -0.25) is 4.79 Å². The highest BCUT2D eigenvalue weighted by atomic mass is 16.7. The van der Waals surface area contributed by atoms with Crippen LogP contribution in [0.2, 0.25) is 0 Å². The summed E-state index contributed by atoms with van der Waals surface area (Å²) in [6, 6.07) is 12.7. The second kappa shape index (κ2) is 7.91. The van der Waals surface area contributed by atoms with E-state index in [-0.39, 0.29) is 19.3 Å². The number of fused-ring (bicyclic) bond motifs is 1. The molecular weight excluding hydrogens is 334 g/mol. The monoisotopic (exact) mass is 355 g/mol. The first-order chi connectivity index (χ1) is 12.6. The van der Waals surface area contributed by atoms with E-state index < -0.39 is 5.97 Å². The Morgan fingerprint density at radius 3 is 2.69 bits per heavy atom. The van der Waals surface area contributed by atoms with Gasteiger partial charge in [0.15, 0.2) is 18.1 Å². The summed E-state index contributed by atoms with van der Waals surface area (Å²) in [7, 11) is 0. The number of ether oxygens (including phenoxy) is 3. The van der Waals surface area contributed by atoms with Crippen LogP contribution in [0.25, 0.3) is 0 Å². The van der Waals surface area contributed by atoms with Gasteiger partial charge in [0.25, 0.3) is 5.91 Å². The Morgan fingerprint density at radius 2 is 1.92 bits per heavy atom. The molecule has 6 nitrogen and oxygen atoms in total. The highest BCUT2D eigenvalue weighted by Gasteiger charge is 2.18. The number of rotatable bonds is 6. The molecule has 3 rings (SSSR count). The van der Waals surface area contributed by atoms with Crippen LogP contribution >= 0.6 is 0 Å². The van der Waals surface area contributed by atoms with Gasteiger partial charge in [0.1, 0.15) is 0 Å². The quantitative estimate of drug-likeness (QED) is 0.746. The molecule has 0 N–H and O–H groups in total. The van der Waals surface area contributed by atoms with Gasteiger partial charge in [0, 0.05) is 13.1 Å². The van der Waals surface area contributed by atoms with Crippen LogP contribution in [0.5, 0.6) is 11.5 Å². The number of amides is 1. The Bertz CT molecular complexity index is 818. The van der Waals surface area contributed by atoms with E-state index in [1.54, 1.807) is 23.1 Å². The number of hydrogen-bond donors (Lipinski definition) is 0. The van der Waals surface area contributed by atoms with Crippen molar-refractivity contribution in [2.75, 3.05) is 19.9 Å². The zero-order valence-electron chi connectivity index (χ0n) is 14.9. The summed E-state index contributed by atoms with van der Waals surface area (Å²) in [5.41, 5.74) is 2.33. The van der Waals surface area contributed by atoms with Crippen LogP contribution in [0.15, 0.2) is 42.5 Å². The first-order valence-corrected chi connectivity index (χ1v) is 8.47. The van der Waals surface area contributed by atoms with Crippen LogP contribution in [-0.2, 0) is 16.1 Å². The van der Waals surface area contributed by atoms with Gasteiger partial charge in [-0.05, 0) is 43.7 Å². The Morgan fingerprint density at radius 1 is 1.12 bits per heavy atom. The Balaban J connectivity index is 1.57. The predicted octanol–water partition coefficient (Wildman–Crippen LogP) is 2.93. The molecular formula is C20H21NO5. The maximum Gasteiger partial charge on any atom is 0.338 e. The molecule has 0 aliphatic carbocycles. The fourth-order valence-electron chi connectivity index (χ4n) is 2.71. The number of nitrogens with zero attached hydrogens (tertiary/aromatic N) is 1. The van der Waals surface area contributed by atoms with Crippen LogP contribution in [0, 0.1) is 6.92 Å². The molecule has 136 valence electrons. The van der Waals surface area contributed by atoms with Gasteiger partial charge in [-0.15, -0.1) is 0 Å². The molecule has 0 atom stereocenters. The summed E-state index contributed by atoms with van der Waals surface area (Å²) in [5.74, 6) is 0.638. The van der Waals surface area contributed by atoms with Crippen molar-refractivity contribution < 1.29 is 23.8 Å². The lowest BCUT2D eigenvalue weighted by Crippen LogP contribution is -2.34. The zero-order chi connectivity index (χ0) is 18.5. The third kappa shape index (κ3) is 4.14. The standard InChI is InChI=1S/C20H21NO5/c1-3-21(11-15-7-8-17-18(10-15)26-13-25-17)19(22)12-24-20(23)16-6-4-5-14(2)9-16/h4-10H,3,11-13H2,1-2H3. The predicted molar refractivity (Wildman–Crippen MR) is 95.1 cm³/mol. The molecule has 0 radical (unpaired) electrons. The maximum absolute atomic E-state index is 12.4.